The molecule has 0 aromatic heterocycles. The van der Waals surface area contributed by atoms with Crippen molar-refractivity contribution in [1.29, 1.82) is 0 Å². The maximum absolute atomic E-state index is 12.1. The van der Waals surface area contributed by atoms with Crippen LogP contribution in [0.1, 0.15) is 18.1 Å². The number of carboxylic acid groups (broad SMARTS) is 1. The average Bonchev–Trinajstić information content (AvgIpc) is 2.62. The maximum Gasteiger partial charge on any atom is 0.417 e. The second kappa shape index (κ2) is 8.75. The summed E-state index contributed by atoms with van der Waals surface area (Å²) < 4.78 is 9.68. The van der Waals surface area contributed by atoms with E-state index >= 15 is 0 Å². The van der Waals surface area contributed by atoms with Crippen LogP contribution >= 0.6 is 0 Å². The van der Waals surface area contributed by atoms with Gasteiger partial charge < -0.3 is 14.6 Å². The zero-order valence-corrected chi connectivity index (χ0v) is 14.6. The van der Waals surface area contributed by atoms with Gasteiger partial charge in [0.05, 0.1) is 12.8 Å². The minimum Gasteiger partial charge on any atom is -0.475 e. The second-order valence-electron chi connectivity index (χ2n) is 5.75. The van der Waals surface area contributed by atoms with Crippen LogP contribution in [-0.4, -0.2) is 34.6 Å². The Kier molecular flexibility index (Phi) is 6.43. The summed E-state index contributed by atoms with van der Waals surface area (Å²) in [4.78, 5) is 47.9. The highest BCUT2D eigenvalue weighted by Crippen LogP contribution is 2.19. The minimum atomic E-state index is -3.02. The van der Waals surface area contributed by atoms with Gasteiger partial charge in [-0.2, -0.15) is 0 Å². The van der Waals surface area contributed by atoms with Crippen molar-refractivity contribution in [2.45, 2.75) is 25.6 Å². The van der Waals surface area contributed by atoms with Gasteiger partial charge in [-0.1, -0.05) is 60.7 Å². The third-order valence-corrected chi connectivity index (χ3v) is 3.64. The number of ether oxygens (including phenoxy) is 2. The predicted octanol–water partition coefficient (Wildman–Crippen LogP) is 1.93. The number of carboxylic acids is 1. The Morgan fingerprint density at radius 2 is 1.15 bits per heavy atom. The van der Waals surface area contributed by atoms with E-state index in [4.69, 9.17) is 9.47 Å². The minimum absolute atomic E-state index is 0.278. The molecule has 140 valence electrons. The Morgan fingerprint density at radius 1 is 0.778 bits per heavy atom. The molecule has 0 bridgehead atoms. The summed E-state index contributed by atoms with van der Waals surface area (Å²) in [6.07, 6.45) is -0.557. The molecule has 0 aliphatic heterocycles. The van der Waals surface area contributed by atoms with Crippen LogP contribution in [-0.2, 0) is 41.5 Å². The van der Waals surface area contributed by atoms with E-state index in [0.717, 1.165) is 6.92 Å². The predicted molar refractivity (Wildman–Crippen MR) is 93.5 cm³/mol. The van der Waals surface area contributed by atoms with Crippen LogP contribution < -0.4 is 0 Å². The zero-order chi connectivity index (χ0) is 19.9. The zero-order valence-electron chi connectivity index (χ0n) is 14.6. The second-order valence-corrected chi connectivity index (χ2v) is 5.75. The molecule has 1 N–H and O–H groups in total. The number of carbonyl (C=O) groups excluding carboxylic acids is 3. The van der Waals surface area contributed by atoms with Crippen LogP contribution in [0.15, 0.2) is 60.7 Å². The number of hydrogen-bond acceptors (Lipinski definition) is 6. The highest BCUT2D eigenvalue weighted by Gasteiger charge is 2.52. The van der Waals surface area contributed by atoms with E-state index in [1.165, 1.54) is 0 Å². The maximum atomic E-state index is 12.1. The summed E-state index contributed by atoms with van der Waals surface area (Å²) in [6.45, 7) is 0.875. The van der Waals surface area contributed by atoms with E-state index in [-0.39, 0.29) is 12.8 Å². The lowest BCUT2D eigenvalue weighted by atomic mass is 10.1. The summed E-state index contributed by atoms with van der Waals surface area (Å²) >= 11 is 0. The molecule has 0 amide bonds. The van der Waals surface area contributed by atoms with Gasteiger partial charge in [0.2, 0.25) is 5.78 Å². The molecule has 0 unspecified atom stereocenters. The summed E-state index contributed by atoms with van der Waals surface area (Å²) in [5, 5.41) is 9.45. The monoisotopic (exact) mass is 370 g/mol. The number of benzene rings is 2. The number of hydrogen-bond donors (Lipinski definition) is 1. The van der Waals surface area contributed by atoms with Crippen LogP contribution in [0.2, 0.25) is 0 Å². The first-order chi connectivity index (χ1) is 12.8. The molecule has 0 saturated heterocycles. The number of ketones is 1. The quantitative estimate of drug-likeness (QED) is 0.430. The SMILES string of the molecule is CC(=O)C(OC(=O)Cc1ccccc1)(OC(=O)Cc1ccccc1)C(=O)O. The van der Waals surface area contributed by atoms with Crippen LogP contribution in [0.25, 0.3) is 0 Å². The molecule has 0 aliphatic carbocycles. The van der Waals surface area contributed by atoms with E-state index in [1.54, 1.807) is 60.7 Å². The van der Waals surface area contributed by atoms with Crippen LogP contribution in [0, 0.1) is 0 Å². The molecular weight excluding hydrogens is 352 g/mol. The largest absolute Gasteiger partial charge is 0.475 e. The van der Waals surface area contributed by atoms with Crippen LogP contribution in [0.4, 0.5) is 0 Å². The van der Waals surface area contributed by atoms with Crippen molar-refractivity contribution < 1.29 is 33.8 Å². The summed E-state index contributed by atoms with van der Waals surface area (Å²) in [5.74, 6) is -8.04. The van der Waals surface area contributed by atoms with Crippen molar-refractivity contribution in [3.8, 4) is 0 Å². The number of esters is 2. The first-order valence-corrected chi connectivity index (χ1v) is 8.09. The fourth-order valence-electron chi connectivity index (χ4n) is 2.32. The third-order valence-electron chi connectivity index (χ3n) is 3.64. The average molecular weight is 370 g/mol. The van der Waals surface area contributed by atoms with Gasteiger partial charge in [0.25, 0.3) is 0 Å². The van der Waals surface area contributed by atoms with Crippen molar-refractivity contribution >= 4 is 23.7 Å². The molecule has 0 fully saturated rings. The van der Waals surface area contributed by atoms with E-state index in [1.807, 2.05) is 0 Å². The topological polar surface area (TPSA) is 107 Å². The van der Waals surface area contributed by atoms with Gasteiger partial charge in [-0.15, -0.1) is 0 Å². The van der Waals surface area contributed by atoms with Crippen LogP contribution in [0.3, 0.4) is 0 Å². The van der Waals surface area contributed by atoms with Crippen molar-refractivity contribution in [3.05, 3.63) is 71.8 Å². The molecule has 0 heterocycles. The lowest BCUT2D eigenvalue weighted by molar-refractivity contribution is -0.231. The number of aliphatic carboxylic acids is 1. The lowest BCUT2D eigenvalue weighted by Gasteiger charge is -2.26. The fourth-order valence-corrected chi connectivity index (χ4v) is 2.32. The first-order valence-electron chi connectivity index (χ1n) is 8.09. The highest BCUT2D eigenvalue weighted by molar-refractivity contribution is 6.06. The van der Waals surface area contributed by atoms with Gasteiger partial charge in [0.15, 0.2) is 0 Å². The van der Waals surface area contributed by atoms with Gasteiger partial charge in [-0.25, -0.2) is 4.79 Å². The van der Waals surface area contributed by atoms with Gasteiger partial charge >= 0.3 is 23.7 Å². The molecule has 0 aliphatic rings. The van der Waals surface area contributed by atoms with E-state index in [9.17, 15) is 24.3 Å². The Hall–Kier alpha value is -3.48. The Balaban J connectivity index is 2.16. The molecule has 2 rings (SSSR count). The van der Waals surface area contributed by atoms with Gasteiger partial charge in [-0.3, -0.25) is 14.4 Å². The molecule has 0 radical (unpaired) electrons. The number of Topliss-reactive ketones (excluding diaryl/α,β-unsaturated/α-hetero) is 1. The highest BCUT2D eigenvalue weighted by atomic mass is 16.8. The van der Waals surface area contributed by atoms with Gasteiger partial charge in [0.1, 0.15) is 0 Å². The molecule has 7 heteroatoms. The number of rotatable bonds is 8. The van der Waals surface area contributed by atoms with Crippen molar-refractivity contribution in [2.24, 2.45) is 0 Å². The summed E-state index contributed by atoms with van der Waals surface area (Å²) in [7, 11) is 0. The molecular formula is C20H18O7. The Bertz CT molecular complexity index is 756. The third kappa shape index (κ3) is 5.24. The smallest absolute Gasteiger partial charge is 0.417 e. The lowest BCUT2D eigenvalue weighted by Crippen LogP contribution is -2.53. The van der Waals surface area contributed by atoms with Crippen molar-refractivity contribution in [1.82, 2.24) is 0 Å². The fraction of sp³-hybridized carbons (Fsp3) is 0.200. The summed E-state index contributed by atoms with van der Waals surface area (Å²) in [6, 6.07) is 16.8. The van der Waals surface area contributed by atoms with Crippen LogP contribution in [0.5, 0.6) is 0 Å². The molecule has 0 saturated carbocycles. The molecule has 0 atom stereocenters. The molecule has 2 aromatic rings. The van der Waals surface area contributed by atoms with E-state index in [0.29, 0.717) is 11.1 Å². The van der Waals surface area contributed by atoms with E-state index in [2.05, 4.69) is 0 Å². The Morgan fingerprint density at radius 3 is 1.44 bits per heavy atom. The molecule has 7 nitrogen and oxygen atoms in total. The standard InChI is InChI=1S/C20H18O7/c1-14(21)20(19(24)25,26-17(22)12-15-8-4-2-5-9-15)27-18(23)13-16-10-6-3-7-11-16/h2-11H,12-13H2,1H3,(H,24,25). The first kappa shape index (κ1) is 19.8. The Labute approximate surface area is 155 Å². The van der Waals surface area contributed by atoms with Crippen molar-refractivity contribution in [3.63, 3.8) is 0 Å². The van der Waals surface area contributed by atoms with E-state index < -0.39 is 29.5 Å². The van der Waals surface area contributed by atoms with Gasteiger partial charge in [0, 0.05) is 6.92 Å². The normalized spacial score (nSPS) is 10.7. The number of carbonyl (C=O) groups is 4. The molecule has 0 spiro atoms. The molecule has 2 aromatic carbocycles. The van der Waals surface area contributed by atoms with Crippen molar-refractivity contribution in [2.75, 3.05) is 0 Å². The van der Waals surface area contributed by atoms with Gasteiger partial charge in [-0.05, 0) is 11.1 Å². The molecule has 27 heavy (non-hydrogen) atoms. The summed E-state index contributed by atoms with van der Waals surface area (Å²) in [5.41, 5.74) is 1.11.